The average Bonchev–Trinajstić information content (AvgIpc) is 2.17. The quantitative estimate of drug-likeness (QED) is 0.700. The zero-order chi connectivity index (χ0) is 10.7. The molecule has 0 aliphatic carbocycles. The van der Waals surface area contributed by atoms with Crippen LogP contribution in [0.5, 0.6) is 0 Å². The minimum Gasteiger partial charge on any atom is -0.207 e. The molecule has 2 aromatic rings. The van der Waals surface area contributed by atoms with Crippen molar-refractivity contribution < 1.29 is 8.78 Å². The van der Waals surface area contributed by atoms with Crippen molar-refractivity contribution in [2.24, 2.45) is 0 Å². The largest absolute Gasteiger partial charge is 0.207 e. The van der Waals surface area contributed by atoms with Crippen LogP contribution >= 0.6 is 0 Å². The lowest BCUT2D eigenvalue weighted by molar-refractivity contribution is 0.626. The average molecular weight is 203 g/mol. The Morgan fingerprint density at radius 1 is 0.733 bits per heavy atom. The van der Waals surface area contributed by atoms with Crippen molar-refractivity contribution >= 4 is 0 Å². The van der Waals surface area contributed by atoms with E-state index in [1.807, 2.05) is 0 Å². The van der Waals surface area contributed by atoms with Gasteiger partial charge in [0.05, 0.1) is 0 Å². The maximum absolute atomic E-state index is 12.9. The van der Waals surface area contributed by atoms with Crippen molar-refractivity contribution in [3.63, 3.8) is 0 Å². The predicted octanol–water partition coefficient (Wildman–Crippen LogP) is 3.57. The molecule has 0 fully saturated rings. The van der Waals surface area contributed by atoms with Crippen molar-refractivity contribution in [1.29, 1.82) is 0 Å². The van der Waals surface area contributed by atoms with E-state index in [0.717, 1.165) is 11.1 Å². The summed E-state index contributed by atoms with van der Waals surface area (Å²) in [5.74, 6) is -0.583. The van der Waals surface area contributed by atoms with Crippen LogP contribution in [0.2, 0.25) is 0 Å². The first-order valence-electron chi connectivity index (χ1n) is 4.60. The summed E-state index contributed by atoms with van der Waals surface area (Å²) in [5, 5.41) is 0. The summed E-state index contributed by atoms with van der Waals surface area (Å²) >= 11 is 0. The number of rotatable bonds is 2. The summed E-state index contributed by atoms with van der Waals surface area (Å²) in [6, 6.07) is 12.4. The zero-order valence-corrected chi connectivity index (χ0v) is 7.95. The third kappa shape index (κ3) is 2.62. The number of hydrogen-bond acceptors (Lipinski definition) is 0. The summed E-state index contributed by atoms with van der Waals surface area (Å²) in [7, 11) is 0. The van der Waals surface area contributed by atoms with Gasteiger partial charge < -0.3 is 0 Å². The molecule has 2 heteroatoms. The van der Waals surface area contributed by atoms with Crippen LogP contribution < -0.4 is 0 Å². The van der Waals surface area contributed by atoms with Gasteiger partial charge in [-0.1, -0.05) is 24.3 Å². The Kier molecular flexibility index (Phi) is 2.77. The van der Waals surface area contributed by atoms with E-state index < -0.39 is 0 Å². The summed E-state index contributed by atoms with van der Waals surface area (Å²) in [5.41, 5.74) is 1.45. The highest BCUT2D eigenvalue weighted by atomic mass is 19.1. The Balaban J connectivity index is 2.22. The van der Waals surface area contributed by atoms with Gasteiger partial charge in [0.15, 0.2) is 0 Å². The Morgan fingerprint density at radius 3 is 1.60 bits per heavy atom. The molecule has 0 aliphatic rings. The topological polar surface area (TPSA) is 0 Å². The number of halogens is 2. The van der Waals surface area contributed by atoms with Crippen molar-refractivity contribution in [1.82, 2.24) is 0 Å². The highest BCUT2D eigenvalue weighted by Gasteiger charge is 1.99. The molecule has 15 heavy (non-hydrogen) atoms. The molecular weight excluding hydrogens is 194 g/mol. The van der Waals surface area contributed by atoms with Gasteiger partial charge in [-0.15, -0.1) is 0 Å². The summed E-state index contributed by atoms with van der Waals surface area (Å²) < 4.78 is 25.7. The van der Waals surface area contributed by atoms with Crippen LogP contribution in [-0.2, 0) is 0 Å². The van der Waals surface area contributed by atoms with E-state index >= 15 is 0 Å². The normalized spacial score (nSPS) is 10.3. The van der Waals surface area contributed by atoms with Crippen molar-refractivity contribution in [2.75, 3.05) is 0 Å². The van der Waals surface area contributed by atoms with Gasteiger partial charge in [-0.3, -0.25) is 0 Å². The molecule has 0 N–H and O–H groups in total. The van der Waals surface area contributed by atoms with Gasteiger partial charge in [0.25, 0.3) is 0 Å². The van der Waals surface area contributed by atoms with Gasteiger partial charge in [-0.2, -0.15) is 0 Å². The first-order chi connectivity index (χ1) is 7.24. The number of hydrogen-bond donors (Lipinski definition) is 0. The third-order valence-corrected chi connectivity index (χ3v) is 2.03. The van der Waals surface area contributed by atoms with Gasteiger partial charge in [0, 0.05) is 6.42 Å². The predicted molar refractivity (Wildman–Crippen MR) is 55.3 cm³/mol. The van der Waals surface area contributed by atoms with E-state index in [-0.39, 0.29) is 11.6 Å². The summed E-state index contributed by atoms with van der Waals surface area (Å²) in [4.78, 5) is 0. The van der Waals surface area contributed by atoms with Gasteiger partial charge in [-0.25, -0.2) is 8.78 Å². The van der Waals surface area contributed by atoms with Gasteiger partial charge in [0.2, 0.25) is 0 Å². The van der Waals surface area contributed by atoms with E-state index in [0.29, 0.717) is 0 Å². The molecular formula is C13H9F2. The Bertz CT molecular complexity index is 420. The molecule has 0 heterocycles. The molecule has 0 aromatic heterocycles. The second-order valence-corrected chi connectivity index (χ2v) is 3.25. The Hall–Kier alpha value is -1.70. The van der Waals surface area contributed by atoms with E-state index in [1.165, 1.54) is 24.3 Å². The van der Waals surface area contributed by atoms with Gasteiger partial charge >= 0.3 is 0 Å². The lowest BCUT2D eigenvalue weighted by Crippen LogP contribution is -1.87. The van der Waals surface area contributed by atoms with E-state index in [9.17, 15) is 8.78 Å². The maximum Gasteiger partial charge on any atom is 0.123 e. The second kappa shape index (κ2) is 4.22. The molecule has 2 aromatic carbocycles. The molecule has 0 spiro atoms. The minimum atomic E-state index is -0.292. The SMILES string of the molecule is Fc1cccc([CH]c2cccc(F)c2)c1. The molecule has 2 rings (SSSR count). The van der Waals surface area contributed by atoms with E-state index in [2.05, 4.69) is 0 Å². The molecule has 1 radical (unpaired) electrons. The van der Waals surface area contributed by atoms with Gasteiger partial charge in [-0.05, 0) is 35.4 Å². The highest BCUT2D eigenvalue weighted by molar-refractivity contribution is 5.36. The molecule has 0 bridgehead atoms. The third-order valence-electron chi connectivity index (χ3n) is 2.03. The van der Waals surface area contributed by atoms with Crippen LogP contribution in [0.25, 0.3) is 0 Å². The molecule has 0 saturated heterocycles. The smallest absolute Gasteiger partial charge is 0.123 e. The van der Waals surface area contributed by atoms with Crippen molar-refractivity contribution in [3.8, 4) is 0 Å². The van der Waals surface area contributed by atoms with Crippen molar-refractivity contribution in [2.45, 2.75) is 0 Å². The van der Waals surface area contributed by atoms with Crippen LogP contribution in [0.4, 0.5) is 8.78 Å². The Morgan fingerprint density at radius 2 is 1.20 bits per heavy atom. The van der Waals surface area contributed by atoms with Gasteiger partial charge in [0.1, 0.15) is 11.6 Å². The molecule has 0 nitrogen and oxygen atoms in total. The molecule has 0 unspecified atom stereocenters. The maximum atomic E-state index is 12.9. The fourth-order valence-electron chi connectivity index (χ4n) is 1.39. The first-order valence-corrected chi connectivity index (χ1v) is 4.60. The van der Waals surface area contributed by atoms with Crippen molar-refractivity contribution in [3.05, 3.63) is 77.7 Å². The first kappa shape index (κ1) is 9.84. The fraction of sp³-hybridized carbons (Fsp3) is 0. The molecule has 0 amide bonds. The molecule has 0 saturated carbocycles. The Labute approximate surface area is 87.2 Å². The second-order valence-electron chi connectivity index (χ2n) is 3.25. The molecule has 75 valence electrons. The summed E-state index contributed by atoms with van der Waals surface area (Å²) in [6.45, 7) is 0. The monoisotopic (exact) mass is 203 g/mol. The van der Waals surface area contributed by atoms with Crippen LogP contribution in [0.15, 0.2) is 48.5 Å². The zero-order valence-electron chi connectivity index (χ0n) is 7.95. The van der Waals surface area contributed by atoms with Crippen LogP contribution in [0.1, 0.15) is 11.1 Å². The molecule has 0 aliphatic heterocycles. The lowest BCUT2D eigenvalue weighted by Gasteiger charge is -2.01. The van der Waals surface area contributed by atoms with Crippen LogP contribution in [-0.4, -0.2) is 0 Å². The highest BCUT2D eigenvalue weighted by Crippen LogP contribution is 2.13. The van der Waals surface area contributed by atoms with Crippen LogP contribution in [0.3, 0.4) is 0 Å². The lowest BCUT2D eigenvalue weighted by atomic mass is 10.1. The summed E-state index contributed by atoms with van der Waals surface area (Å²) in [6.07, 6.45) is 1.73. The minimum absolute atomic E-state index is 0.292. The van der Waals surface area contributed by atoms with E-state index in [4.69, 9.17) is 0 Å². The van der Waals surface area contributed by atoms with Crippen LogP contribution in [0, 0.1) is 18.1 Å². The number of benzene rings is 2. The molecule has 0 atom stereocenters. The standard InChI is InChI=1S/C13H9F2/c14-12-5-1-3-10(8-12)7-11-4-2-6-13(15)9-11/h1-9H. The van der Waals surface area contributed by atoms with E-state index in [1.54, 1.807) is 30.7 Å². The fourth-order valence-corrected chi connectivity index (χ4v) is 1.39.